The number of ether oxygens (including phenoxy) is 1. The summed E-state index contributed by atoms with van der Waals surface area (Å²) >= 11 is 0. The van der Waals surface area contributed by atoms with Gasteiger partial charge in [0.15, 0.2) is 12.2 Å². The number of hydrogen-bond acceptors (Lipinski definition) is 9. The standard InChI is InChI=1S/C9H8O10/c10-3-1-5(11)18-19-6(12)2-4(17-9(3)16)7(13)8(14)15/h3-4,10H,1-2H2,(H,14,15). The van der Waals surface area contributed by atoms with E-state index in [1.54, 1.807) is 0 Å². The van der Waals surface area contributed by atoms with Crippen molar-refractivity contribution in [3.8, 4) is 0 Å². The van der Waals surface area contributed by atoms with E-state index >= 15 is 0 Å². The van der Waals surface area contributed by atoms with Crippen molar-refractivity contribution in [1.82, 2.24) is 0 Å². The first-order chi connectivity index (χ1) is 8.81. The van der Waals surface area contributed by atoms with Crippen LogP contribution in [0, 0.1) is 0 Å². The second-order valence-corrected chi connectivity index (χ2v) is 3.43. The van der Waals surface area contributed by atoms with Crippen molar-refractivity contribution in [2.45, 2.75) is 25.0 Å². The highest BCUT2D eigenvalue weighted by molar-refractivity contribution is 6.35. The molecule has 2 atom stereocenters. The van der Waals surface area contributed by atoms with Crippen LogP contribution >= 0.6 is 0 Å². The molecule has 0 aromatic rings. The Kier molecular flexibility index (Phi) is 4.53. The maximum atomic E-state index is 11.2. The van der Waals surface area contributed by atoms with Crippen molar-refractivity contribution in [3.63, 3.8) is 0 Å². The number of carboxylic acids is 1. The van der Waals surface area contributed by atoms with Gasteiger partial charge in [-0.2, -0.15) is 0 Å². The van der Waals surface area contributed by atoms with Crippen LogP contribution in [0.5, 0.6) is 0 Å². The second kappa shape index (κ2) is 5.91. The first-order valence-corrected chi connectivity index (χ1v) is 4.87. The summed E-state index contributed by atoms with van der Waals surface area (Å²) in [4.78, 5) is 62.7. The molecule has 19 heavy (non-hydrogen) atoms. The number of aliphatic hydroxyl groups is 1. The molecule has 0 aliphatic carbocycles. The molecule has 2 unspecified atom stereocenters. The molecule has 0 amide bonds. The van der Waals surface area contributed by atoms with Gasteiger partial charge in [0, 0.05) is 0 Å². The zero-order valence-corrected chi connectivity index (χ0v) is 9.23. The van der Waals surface area contributed by atoms with Crippen LogP contribution in [0.15, 0.2) is 0 Å². The molecule has 1 aliphatic heterocycles. The number of carboxylic acid groups (broad SMARTS) is 1. The van der Waals surface area contributed by atoms with E-state index in [0.29, 0.717) is 0 Å². The molecule has 0 spiro atoms. The number of Topliss-reactive ketones (excluding diaryl/α,β-unsaturated/α-hetero) is 1. The van der Waals surface area contributed by atoms with Gasteiger partial charge in [0.25, 0.3) is 5.78 Å². The maximum Gasteiger partial charge on any atom is 0.376 e. The zero-order chi connectivity index (χ0) is 14.6. The molecule has 1 fully saturated rings. The Hall–Kier alpha value is -2.49. The molecule has 0 radical (unpaired) electrons. The molecule has 10 heteroatoms. The molecule has 1 saturated heterocycles. The van der Waals surface area contributed by atoms with E-state index in [9.17, 15) is 29.1 Å². The lowest BCUT2D eigenvalue weighted by molar-refractivity contribution is -0.262. The Morgan fingerprint density at radius 1 is 1.05 bits per heavy atom. The number of rotatable bonds is 2. The first-order valence-electron chi connectivity index (χ1n) is 4.87. The van der Waals surface area contributed by atoms with Crippen molar-refractivity contribution in [1.29, 1.82) is 0 Å². The fraction of sp³-hybridized carbons (Fsp3) is 0.444. The maximum absolute atomic E-state index is 11.2. The third-order valence-electron chi connectivity index (χ3n) is 1.97. The highest BCUT2D eigenvalue weighted by atomic mass is 17.2. The lowest BCUT2D eigenvalue weighted by Crippen LogP contribution is -2.39. The van der Waals surface area contributed by atoms with Crippen molar-refractivity contribution in [2.75, 3.05) is 0 Å². The molecule has 104 valence electrons. The third-order valence-corrected chi connectivity index (χ3v) is 1.97. The van der Waals surface area contributed by atoms with Gasteiger partial charge < -0.3 is 14.9 Å². The summed E-state index contributed by atoms with van der Waals surface area (Å²) in [7, 11) is 0. The monoisotopic (exact) mass is 276 g/mol. The average Bonchev–Trinajstić information content (AvgIpc) is 2.33. The minimum atomic E-state index is -1.97. The number of cyclic esters (lactones) is 1. The molecule has 10 nitrogen and oxygen atoms in total. The lowest BCUT2D eigenvalue weighted by Gasteiger charge is -2.17. The summed E-state index contributed by atoms with van der Waals surface area (Å²) in [5.74, 6) is -7.43. The SMILES string of the molecule is O=C1CC(O)C(=O)OC(C(=O)C(=O)O)CC(=O)OO1. The van der Waals surface area contributed by atoms with Crippen LogP contribution < -0.4 is 0 Å². The van der Waals surface area contributed by atoms with Crippen LogP contribution in [0.2, 0.25) is 0 Å². The van der Waals surface area contributed by atoms with Gasteiger partial charge in [-0.05, 0) is 0 Å². The molecule has 0 aromatic carbocycles. The number of aliphatic hydroxyl groups excluding tert-OH is 1. The normalized spacial score (nSPS) is 24.8. The van der Waals surface area contributed by atoms with Crippen molar-refractivity contribution in [3.05, 3.63) is 0 Å². The Bertz CT molecular complexity index is 438. The van der Waals surface area contributed by atoms with Gasteiger partial charge in [0.2, 0.25) is 0 Å². The molecule has 1 heterocycles. The number of carbonyl (C=O) groups excluding carboxylic acids is 4. The van der Waals surface area contributed by atoms with Gasteiger partial charge in [-0.25, -0.2) is 29.0 Å². The Morgan fingerprint density at radius 3 is 2.11 bits per heavy atom. The number of esters is 1. The van der Waals surface area contributed by atoms with Gasteiger partial charge in [0.1, 0.15) is 0 Å². The third kappa shape index (κ3) is 4.03. The summed E-state index contributed by atoms with van der Waals surface area (Å²) < 4.78 is 4.35. The van der Waals surface area contributed by atoms with Gasteiger partial charge in [-0.1, -0.05) is 0 Å². The second-order valence-electron chi connectivity index (χ2n) is 3.43. The highest BCUT2D eigenvalue weighted by Gasteiger charge is 2.35. The molecule has 0 aromatic heterocycles. The fourth-order valence-corrected chi connectivity index (χ4v) is 1.10. The minimum absolute atomic E-state index is 0.875. The molecule has 0 bridgehead atoms. The molecule has 1 rings (SSSR count). The van der Waals surface area contributed by atoms with Crippen LogP contribution in [0.25, 0.3) is 0 Å². The summed E-state index contributed by atoms with van der Waals surface area (Å²) in [5.41, 5.74) is 0. The van der Waals surface area contributed by atoms with E-state index in [0.717, 1.165) is 0 Å². The van der Waals surface area contributed by atoms with Crippen molar-refractivity contribution < 1.29 is 48.7 Å². The topological polar surface area (TPSA) is 153 Å². The predicted octanol–water partition coefficient (Wildman–Crippen LogP) is -2.29. The number of ketones is 1. The van der Waals surface area contributed by atoms with E-state index < -0.39 is 54.7 Å². The van der Waals surface area contributed by atoms with Crippen molar-refractivity contribution >= 4 is 29.7 Å². The quantitative estimate of drug-likeness (QED) is 0.320. The van der Waals surface area contributed by atoms with Crippen LogP contribution in [0.3, 0.4) is 0 Å². The van der Waals surface area contributed by atoms with E-state index in [-0.39, 0.29) is 0 Å². The molecule has 0 saturated carbocycles. The van der Waals surface area contributed by atoms with Gasteiger partial charge in [-0.3, -0.25) is 4.79 Å². The Balaban J connectivity index is 2.90. The Labute approximate surface area is 104 Å². The summed E-state index contributed by atoms with van der Waals surface area (Å²) in [6.45, 7) is 0. The van der Waals surface area contributed by atoms with Crippen LogP contribution in [0.1, 0.15) is 12.8 Å². The largest absolute Gasteiger partial charge is 0.475 e. The smallest absolute Gasteiger partial charge is 0.376 e. The summed E-state index contributed by atoms with van der Waals surface area (Å²) in [5, 5.41) is 17.7. The fourth-order valence-electron chi connectivity index (χ4n) is 1.10. The van der Waals surface area contributed by atoms with Gasteiger partial charge in [-0.15, -0.1) is 0 Å². The minimum Gasteiger partial charge on any atom is -0.475 e. The van der Waals surface area contributed by atoms with E-state index in [1.165, 1.54) is 0 Å². The summed E-state index contributed by atoms with van der Waals surface area (Å²) in [6, 6.07) is 0. The van der Waals surface area contributed by atoms with Gasteiger partial charge in [0.05, 0.1) is 12.8 Å². The van der Waals surface area contributed by atoms with E-state index in [1.807, 2.05) is 0 Å². The van der Waals surface area contributed by atoms with Crippen LogP contribution in [-0.4, -0.2) is 52.1 Å². The van der Waals surface area contributed by atoms with Crippen LogP contribution in [0.4, 0.5) is 0 Å². The summed E-state index contributed by atoms with van der Waals surface area (Å²) in [6.07, 6.45) is -5.77. The number of carbonyl (C=O) groups is 5. The van der Waals surface area contributed by atoms with Gasteiger partial charge >= 0.3 is 23.9 Å². The molecule has 1 aliphatic rings. The van der Waals surface area contributed by atoms with E-state index in [4.69, 9.17) is 5.11 Å². The average molecular weight is 276 g/mol. The molecule has 2 N–H and O–H groups in total. The first kappa shape index (κ1) is 14.6. The van der Waals surface area contributed by atoms with E-state index in [2.05, 4.69) is 14.5 Å². The highest BCUT2D eigenvalue weighted by Crippen LogP contribution is 2.10. The predicted molar refractivity (Wildman–Crippen MR) is 49.9 cm³/mol. The van der Waals surface area contributed by atoms with Crippen molar-refractivity contribution in [2.24, 2.45) is 0 Å². The molecular weight excluding hydrogens is 268 g/mol. The number of hydrogen-bond donors (Lipinski definition) is 2. The number of aliphatic carboxylic acids is 1. The molecular formula is C9H8O10. The lowest BCUT2D eigenvalue weighted by atomic mass is 10.1. The Morgan fingerprint density at radius 2 is 1.58 bits per heavy atom. The van der Waals surface area contributed by atoms with Crippen LogP contribution in [-0.2, 0) is 38.5 Å². The zero-order valence-electron chi connectivity index (χ0n) is 9.23.